The van der Waals surface area contributed by atoms with Crippen LogP contribution < -0.4 is 4.72 Å². The van der Waals surface area contributed by atoms with E-state index in [1.807, 2.05) is 0 Å². The third-order valence-electron chi connectivity index (χ3n) is 4.60. The monoisotopic (exact) mass is 305 g/mol. The zero-order chi connectivity index (χ0) is 14.8. The number of ether oxygens (including phenoxy) is 1. The van der Waals surface area contributed by atoms with Gasteiger partial charge < -0.3 is 9.84 Å². The van der Waals surface area contributed by atoms with E-state index in [0.717, 1.165) is 19.3 Å². The van der Waals surface area contributed by atoms with Crippen LogP contribution in [0.5, 0.6) is 0 Å². The highest BCUT2D eigenvalue weighted by molar-refractivity contribution is 7.90. The van der Waals surface area contributed by atoms with Crippen LogP contribution in [0.3, 0.4) is 0 Å². The molecule has 2 saturated carbocycles. The Hall–Kier alpha value is -0.660. The van der Waals surface area contributed by atoms with Gasteiger partial charge in [0.15, 0.2) is 0 Å². The predicted molar refractivity (Wildman–Crippen MR) is 73.4 cm³/mol. The Morgan fingerprint density at radius 3 is 2.65 bits per heavy atom. The van der Waals surface area contributed by atoms with Crippen molar-refractivity contribution in [2.75, 3.05) is 20.3 Å². The van der Waals surface area contributed by atoms with Gasteiger partial charge in [0.25, 0.3) is 0 Å². The molecule has 2 fully saturated rings. The van der Waals surface area contributed by atoms with Crippen molar-refractivity contribution in [3.63, 3.8) is 0 Å². The molecule has 2 aliphatic carbocycles. The van der Waals surface area contributed by atoms with Crippen LogP contribution in [0.15, 0.2) is 0 Å². The van der Waals surface area contributed by atoms with E-state index in [-0.39, 0.29) is 12.0 Å². The second-order valence-corrected chi connectivity index (χ2v) is 7.92. The van der Waals surface area contributed by atoms with Crippen molar-refractivity contribution in [1.29, 1.82) is 0 Å². The predicted octanol–water partition coefficient (Wildman–Crippen LogP) is 0.410. The molecule has 116 valence electrons. The topological polar surface area (TPSA) is 92.7 Å². The Labute approximate surface area is 119 Å². The number of aliphatic hydroxyl groups is 1. The van der Waals surface area contributed by atoms with Crippen LogP contribution in [-0.2, 0) is 19.6 Å². The van der Waals surface area contributed by atoms with E-state index < -0.39 is 27.2 Å². The number of nitrogens with one attached hydrogen (secondary N) is 1. The summed E-state index contributed by atoms with van der Waals surface area (Å²) in [6, 6.07) is 0. The van der Waals surface area contributed by atoms with Crippen LogP contribution in [0.4, 0.5) is 0 Å². The van der Waals surface area contributed by atoms with Crippen molar-refractivity contribution in [3.05, 3.63) is 0 Å². The van der Waals surface area contributed by atoms with Crippen molar-refractivity contribution in [2.45, 2.75) is 43.8 Å². The molecule has 20 heavy (non-hydrogen) atoms. The lowest BCUT2D eigenvalue weighted by Crippen LogP contribution is -2.41. The molecule has 2 rings (SSSR count). The first-order valence-electron chi connectivity index (χ1n) is 7.11. The summed E-state index contributed by atoms with van der Waals surface area (Å²) in [5, 5.41) is 8.31. The molecule has 2 unspecified atom stereocenters. The summed E-state index contributed by atoms with van der Waals surface area (Å²) in [7, 11) is -2.22. The second-order valence-electron chi connectivity index (χ2n) is 5.94. The lowest BCUT2D eigenvalue weighted by Gasteiger charge is -2.21. The van der Waals surface area contributed by atoms with Gasteiger partial charge in [0.05, 0.1) is 18.3 Å². The fourth-order valence-electron chi connectivity index (χ4n) is 3.01. The van der Waals surface area contributed by atoms with Crippen molar-refractivity contribution >= 4 is 16.0 Å². The molecular weight excluding hydrogens is 282 g/mol. The van der Waals surface area contributed by atoms with Crippen molar-refractivity contribution in [2.24, 2.45) is 11.3 Å². The molecule has 0 aliphatic heterocycles. The van der Waals surface area contributed by atoms with Crippen molar-refractivity contribution in [1.82, 2.24) is 4.72 Å². The minimum absolute atomic E-state index is 0.0683. The van der Waals surface area contributed by atoms with Gasteiger partial charge in [-0.05, 0) is 37.5 Å². The average molecular weight is 305 g/mol. The molecule has 0 radical (unpaired) electrons. The normalized spacial score (nSPS) is 28.3. The molecule has 2 N–H and O–H groups in total. The van der Waals surface area contributed by atoms with E-state index in [2.05, 4.69) is 4.72 Å². The summed E-state index contributed by atoms with van der Waals surface area (Å²) in [4.78, 5) is 11.6. The first kappa shape index (κ1) is 15.7. The largest absolute Gasteiger partial charge is 0.469 e. The van der Waals surface area contributed by atoms with Gasteiger partial charge in [-0.25, -0.2) is 13.1 Å². The molecule has 2 aliphatic rings. The van der Waals surface area contributed by atoms with E-state index in [1.54, 1.807) is 0 Å². The first-order chi connectivity index (χ1) is 9.44. The summed E-state index contributed by atoms with van der Waals surface area (Å²) in [5.74, 6) is -0.986. The minimum atomic E-state index is -3.51. The SMILES string of the molecule is COC(=O)C1CCCC1S(=O)(=O)NCC1(CCO)CC1. The fourth-order valence-corrected chi connectivity index (χ4v) is 4.89. The van der Waals surface area contributed by atoms with Crippen molar-refractivity contribution < 1.29 is 23.1 Å². The Kier molecular flexibility index (Phi) is 4.71. The number of methoxy groups -OCH3 is 1. The minimum Gasteiger partial charge on any atom is -0.469 e. The van der Waals surface area contributed by atoms with E-state index in [9.17, 15) is 13.2 Å². The maximum atomic E-state index is 12.4. The zero-order valence-electron chi connectivity index (χ0n) is 11.8. The van der Waals surface area contributed by atoms with E-state index in [4.69, 9.17) is 9.84 Å². The van der Waals surface area contributed by atoms with E-state index in [0.29, 0.717) is 25.8 Å². The number of esters is 1. The van der Waals surface area contributed by atoms with Crippen LogP contribution >= 0.6 is 0 Å². The van der Waals surface area contributed by atoms with Crippen LogP contribution in [0.25, 0.3) is 0 Å². The Morgan fingerprint density at radius 1 is 1.40 bits per heavy atom. The standard InChI is InChI=1S/C13H23NO5S/c1-19-12(16)10-3-2-4-11(10)20(17,18)14-9-13(5-6-13)7-8-15/h10-11,14-15H,2-9H2,1H3. The van der Waals surface area contributed by atoms with Crippen LogP contribution in [-0.4, -0.2) is 45.0 Å². The molecular formula is C13H23NO5S. The van der Waals surface area contributed by atoms with Gasteiger partial charge in [-0.2, -0.15) is 0 Å². The zero-order valence-corrected chi connectivity index (χ0v) is 12.6. The lowest BCUT2D eigenvalue weighted by atomic mass is 10.0. The fraction of sp³-hybridized carbons (Fsp3) is 0.923. The highest BCUT2D eigenvalue weighted by Gasteiger charge is 2.46. The molecule has 0 heterocycles. The van der Waals surface area contributed by atoms with Gasteiger partial charge in [0.2, 0.25) is 10.0 Å². The smallest absolute Gasteiger partial charge is 0.310 e. The number of hydrogen-bond donors (Lipinski definition) is 2. The third kappa shape index (κ3) is 3.32. The van der Waals surface area contributed by atoms with Crippen LogP contribution in [0, 0.1) is 11.3 Å². The summed E-state index contributed by atoms with van der Waals surface area (Å²) in [6.45, 7) is 0.441. The first-order valence-corrected chi connectivity index (χ1v) is 8.66. The number of carbonyl (C=O) groups excluding carboxylic acids is 1. The highest BCUT2D eigenvalue weighted by Crippen LogP contribution is 2.48. The van der Waals surface area contributed by atoms with Gasteiger partial charge in [-0.1, -0.05) is 6.42 Å². The average Bonchev–Trinajstić information content (AvgIpc) is 3.00. The Morgan fingerprint density at radius 2 is 2.10 bits per heavy atom. The molecule has 0 aromatic heterocycles. The van der Waals surface area contributed by atoms with E-state index in [1.165, 1.54) is 7.11 Å². The third-order valence-corrected chi connectivity index (χ3v) is 6.51. The molecule has 2 atom stereocenters. The Bertz CT molecular complexity index is 457. The molecule has 6 nitrogen and oxygen atoms in total. The van der Waals surface area contributed by atoms with Gasteiger partial charge >= 0.3 is 5.97 Å². The van der Waals surface area contributed by atoms with E-state index >= 15 is 0 Å². The summed E-state index contributed by atoms with van der Waals surface area (Å²) < 4.78 is 32.1. The van der Waals surface area contributed by atoms with Gasteiger partial charge in [-0.15, -0.1) is 0 Å². The molecule has 0 aromatic carbocycles. The van der Waals surface area contributed by atoms with Crippen LogP contribution in [0.2, 0.25) is 0 Å². The number of sulfonamides is 1. The number of hydrogen-bond acceptors (Lipinski definition) is 5. The number of rotatable bonds is 7. The molecule has 0 aromatic rings. The molecule has 0 bridgehead atoms. The summed E-state index contributed by atoms with van der Waals surface area (Å²) in [5.41, 5.74) is -0.0683. The quantitative estimate of drug-likeness (QED) is 0.665. The second kappa shape index (κ2) is 5.99. The van der Waals surface area contributed by atoms with Crippen molar-refractivity contribution in [3.8, 4) is 0 Å². The number of aliphatic hydroxyl groups excluding tert-OH is 1. The maximum absolute atomic E-state index is 12.4. The van der Waals surface area contributed by atoms with Gasteiger partial charge in [0.1, 0.15) is 0 Å². The van der Waals surface area contributed by atoms with Crippen LogP contribution in [0.1, 0.15) is 38.5 Å². The maximum Gasteiger partial charge on any atom is 0.310 e. The van der Waals surface area contributed by atoms with Gasteiger partial charge in [0, 0.05) is 13.2 Å². The number of carbonyl (C=O) groups is 1. The summed E-state index contributed by atoms with van der Waals surface area (Å²) >= 11 is 0. The molecule has 0 saturated heterocycles. The molecule has 0 spiro atoms. The summed E-state index contributed by atoms with van der Waals surface area (Å²) in [6.07, 6.45) is 4.32. The lowest BCUT2D eigenvalue weighted by molar-refractivity contribution is -0.145. The highest BCUT2D eigenvalue weighted by atomic mass is 32.2. The molecule has 0 amide bonds. The Balaban J connectivity index is 1.97. The van der Waals surface area contributed by atoms with Gasteiger partial charge in [-0.3, -0.25) is 4.79 Å². The molecule has 7 heteroatoms.